The number of carbonyl (C=O) groups is 2. The van der Waals surface area contributed by atoms with Crippen molar-refractivity contribution < 1.29 is 18.7 Å². The molecule has 0 radical (unpaired) electrons. The lowest BCUT2D eigenvalue weighted by Crippen LogP contribution is -2.47. The molecule has 0 saturated carbocycles. The van der Waals surface area contributed by atoms with E-state index in [4.69, 9.17) is 9.15 Å². The molecular weight excluding hydrogens is 358 g/mol. The average molecular weight is 385 g/mol. The van der Waals surface area contributed by atoms with E-state index in [1.54, 1.807) is 18.2 Å². The molecule has 0 spiro atoms. The van der Waals surface area contributed by atoms with Crippen molar-refractivity contribution in [3.05, 3.63) is 53.5 Å². The summed E-state index contributed by atoms with van der Waals surface area (Å²) < 4.78 is 10.9. The zero-order valence-electron chi connectivity index (χ0n) is 16.7. The summed E-state index contributed by atoms with van der Waals surface area (Å²) >= 11 is 0. The zero-order valence-corrected chi connectivity index (χ0v) is 16.7. The third kappa shape index (κ3) is 6.90. The van der Waals surface area contributed by atoms with Crippen molar-refractivity contribution in [2.75, 3.05) is 6.61 Å². The monoisotopic (exact) mass is 385 g/mol. The molecule has 1 heterocycles. The molecular formula is C21H27N3O4. The molecule has 7 heteroatoms. The lowest BCUT2D eigenvalue weighted by Gasteiger charge is -2.19. The van der Waals surface area contributed by atoms with Crippen LogP contribution in [0, 0.1) is 19.8 Å². The number of ether oxygens (including phenoxy) is 1. The summed E-state index contributed by atoms with van der Waals surface area (Å²) in [6.45, 7) is 7.52. The van der Waals surface area contributed by atoms with Crippen LogP contribution < -0.4 is 15.5 Å². The summed E-state index contributed by atoms with van der Waals surface area (Å²) in [6.07, 6.45) is 1.90. The second-order valence-corrected chi connectivity index (χ2v) is 6.99. The van der Waals surface area contributed by atoms with Crippen LogP contribution in [0.3, 0.4) is 0 Å². The van der Waals surface area contributed by atoms with E-state index in [1.807, 2.05) is 45.9 Å². The van der Waals surface area contributed by atoms with Gasteiger partial charge in [0, 0.05) is 0 Å². The van der Waals surface area contributed by atoms with E-state index in [9.17, 15) is 9.59 Å². The van der Waals surface area contributed by atoms with Gasteiger partial charge in [-0.25, -0.2) is 5.43 Å². The Morgan fingerprint density at radius 1 is 1.18 bits per heavy atom. The number of hydrogen-bond acceptors (Lipinski definition) is 5. The normalized spacial score (nSPS) is 12.2. The average Bonchev–Trinajstić information content (AvgIpc) is 3.05. The minimum atomic E-state index is -0.705. The predicted molar refractivity (Wildman–Crippen MR) is 107 cm³/mol. The minimum absolute atomic E-state index is 0.165. The fourth-order valence-electron chi connectivity index (χ4n) is 2.56. The number of amides is 2. The van der Waals surface area contributed by atoms with Gasteiger partial charge in [0.2, 0.25) is 0 Å². The molecule has 0 aliphatic heterocycles. The maximum atomic E-state index is 12.4. The number of hydrazone groups is 1. The standard InChI is InChI=1S/C21H27N3O4/c1-14(2)11-18(21(26)24-22-12-17-10-9-16(4)28-17)23-20(25)13-27-19-8-6-5-7-15(19)3/h5-10,12,14,18H,11,13H2,1-4H3,(H,23,25)(H,24,26)/b22-12-/t18-/m1/s1. The van der Waals surface area contributed by atoms with Crippen molar-refractivity contribution in [3.63, 3.8) is 0 Å². The molecule has 2 rings (SSSR count). The van der Waals surface area contributed by atoms with Gasteiger partial charge in [-0.2, -0.15) is 5.10 Å². The number of benzene rings is 1. The van der Waals surface area contributed by atoms with E-state index in [1.165, 1.54) is 6.21 Å². The van der Waals surface area contributed by atoms with Crippen LogP contribution in [0.15, 0.2) is 45.9 Å². The third-order valence-electron chi connectivity index (χ3n) is 3.94. The molecule has 2 amide bonds. The molecule has 1 aromatic heterocycles. The van der Waals surface area contributed by atoms with Crippen LogP contribution in [0.25, 0.3) is 0 Å². The maximum absolute atomic E-state index is 12.4. The van der Waals surface area contributed by atoms with Gasteiger partial charge >= 0.3 is 0 Å². The van der Waals surface area contributed by atoms with Crippen LogP contribution >= 0.6 is 0 Å². The predicted octanol–water partition coefficient (Wildman–Crippen LogP) is 2.96. The first-order valence-corrected chi connectivity index (χ1v) is 9.22. The number of carbonyl (C=O) groups excluding carboxylic acids is 2. The zero-order chi connectivity index (χ0) is 20.5. The molecule has 0 saturated heterocycles. The molecule has 2 aromatic rings. The molecule has 150 valence electrons. The summed E-state index contributed by atoms with van der Waals surface area (Å²) in [6, 6.07) is 10.3. The van der Waals surface area contributed by atoms with Crippen LogP contribution in [-0.4, -0.2) is 30.7 Å². The quantitative estimate of drug-likeness (QED) is 0.513. The lowest BCUT2D eigenvalue weighted by molar-refractivity contribution is -0.130. The smallest absolute Gasteiger partial charge is 0.262 e. The highest BCUT2D eigenvalue weighted by Crippen LogP contribution is 2.15. The Labute approximate surface area is 165 Å². The van der Waals surface area contributed by atoms with Crippen LogP contribution in [0.5, 0.6) is 5.75 Å². The molecule has 0 fully saturated rings. The highest BCUT2D eigenvalue weighted by atomic mass is 16.5. The van der Waals surface area contributed by atoms with E-state index in [-0.39, 0.29) is 18.4 Å². The second kappa shape index (κ2) is 10.3. The van der Waals surface area contributed by atoms with Gasteiger partial charge in [-0.05, 0) is 49.9 Å². The third-order valence-corrected chi connectivity index (χ3v) is 3.94. The molecule has 28 heavy (non-hydrogen) atoms. The van der Waals surface area contributed by atoms with Crippen molar-refractivity contribution >= 4 is 18.0 Å². The van der Waals surface area contributed by atoms with Crippen molar-refractivity contribution in [2.45, 2.75) is 40.2 Å². The van der Waals surface area contributed by atoms with Gasteiger partial charge < -0.3 is 14.5 Å². The number of furan rings is 1. The van der Waals surface area contributed by atoms with Gasteiger partial charge in [0.15, 0.2) is 6.61 Å². The Kier molecular flexibility index (Phi) is 7.80. The van der Waals surface area contributed by atoms with E-state index in [0.29, 0.717) is 17.9 Å². The van der Waals surface area contributed by atoms with Gasteiger partial charge in [-0.15, -0.1) is 0 Å². The number of rotatable bonds is 9. The maximum Gasteiger partial charge on any atom is 0.262 e. The Morgan fingerprint density at radius 3 is 2.57 bits per heavy atom. The van der Waals surface area contributed by atoms with Crippen molar-refractivity contribution in [2.24, 2.45) is 11.0 Å². The molecule has 2 N–H and O–H groups in total. The van der Waals surface area contributed by atoms with Gasteiger partial charge in [-0.1, -0.05) is 32.0 Å². The summed E-state index contributed by atoms with van der Waals surface area (Å²) in [5.41, 5.74) is 3.39. The first-order valence-electron chi connectivity index (χ1n) is 9.22. The first-order chi connectivity index (χ1) is 13.3. The summed E-state index contributed by atoms with van der Waals surface area (Å²) in [5, 5.41) is 6.61. The topological polar surface area (TPSA) is 92.9 Å². The van der Waals surface area contributed by atoms with E-state index in [2.05, 4.69) is 15.8 Å². The molecule has 1 atom stereocenters. The number of nitrogens with zero attached hydrogens (tertiary/aromatic N) is 1. The van der Waals surface area contributed by atoms with E-state index >= 15 is 0 Å². The molecule has 0 unspecified atom stereocenters. The molecule has 0 aliphatic rings. The van der Waals surface area contributed by atoms with E-state index in [0.717, 1.165) is 11.3 Å². The van der Waals surface area contributed by atoms with Crippen LogP contribution in [0.4, 0.5) is 0 Å². The van der Waals surface area contributed by atoms with Crippen LogP contribution in [0.1, 0.15) is 37.4 Å². The first kappa shape index (κ1) is 21.2. The highest BCUT2D eigenvalue weighted by Gasteiger charge is 2.22. The Bertz CT molecular complexity index is 827. The summed E-state index contributed by atoms with van der Waals surface area (Å²) in [7, 11) is 0. The van der Waals surface area contributed by atoms with Crippen molar-refractivity contribution in [1.29, 1.82) is 0 Å². The fourth-order valence-corrected chi connectivity index (χ4v) is 2.56. The fraction of sp³-hybridized carbons (Fsp3) is 0.381. The summed E-state index contributed by atoms with van der Waals surface area (Å²) in [5.74, 6) is 1.39. The molecule has 7 nitrogen and oxygen atoms in total. The Morgan fingerprint density at radius 2 is 1.93 bits per heavy atom. The Hall–Kier alpha value is -3.09. The van der Waals surface area contributed by atoms with Crippen LogP contribution in [-0.2, 0) is 9.59 Å². The lowest BCUT2D eigenvalue weighted by atomic mass is 10.0. The van der Waals surface area contributed by atoms with Gasteiger partial charge in [-0.3, -0.25) is 9.59 Å². The van der Waals surface area contributed by atoms with Crippen LogP contribution in [0.2, 0.25) is 0 Å². The van der Waals surface area contributed by atoms with Crippen molar-refractivity contribution in [3.8, 4) is 5.75 Å². The minimum Gasteiger partial charge on any atom is -0.484 e. The number of nitrogens with one attached hydrogen (secondary N) is 2. The number of hydrogen-bond donors (Lipinski definition) is 2. The number of para-hydroxylation sites is 1. The number of aryl methyl sites for hydroxylation is 2. The Balaban J connectivity index is 1.90. The largest absolute Gasteiger partial charge is 0.484 e. The highest BCUT2D eigenvalue weighted by molar-refractivity contribution is 5.88. The van der Waals surface area contributed by atoms with Gasteiger partial charge in [0.05, 0.1) is 6.21 Å². The van der Waals surface area contributed by atoms with E-state index < -0.39 is 11.9 Å². The molecule has 0 bridgehead atoms. The second-order valence-electron chi connectivity index (χ2n) is 6.99. The van der Waals surface area contributed by atoms with Crippen molar-refractivity contribution in [1.82, 2.24) is 10.7 Å². The van der Waals surface area contributed by atoms with Gasteiger partial charge in [0.1, 0.15) is 23.3 Å². The SMILES string of the molecule is Cc1ccc(/C=N\NC(=O)[C@@H](CC(C)C)NC(=O)COc2ccccc2C)o1. The van der Waals surface area contributed by atoms with Gasteiger partial charge in [0.25, 0.3) is 11.8 Å². The molecule has 0 aliphatic carbocycles. The molecule has 1 aromatic carbocycles. The summed E-state index contributed by atoms with van der Waals surface area (Å²) in [4.78, 5) is 24.7.